The molecule has 0 radical (unpaired) electrons. The molecule has 0 heterocycles. The third kappa shape index (κ3) is 11.0. The number of sulfone groups is 2. The van der Waals surface area contributed by atoms with Gasteiger partial charge in [-0.2, -0.15) is 35.5 Å². The third-order valence-electron chi connectivity index (χ3n) is 5.70. The van der Waals surface area contributed by atoms with E-state index in [2.05, 4.69) is 28.8 Å². The van der Waals surface area contributed by atoms with Gasteiger partial charge < -0.3 is 11.5 Å². The van der Waals surface area contributed by atoms with Gasteiger partial charge in [0.1, 0.15) is 16.3 Å². The average Bonchev–Trinajstić information content (AvgIpc) is 2.95. The molecule has 26 heteroatoms. The van der Waals surface area contributed by atoms with Gasteiger partial charge in [0.15, 0.2) is 19.7 Å². The molecule has 0 aliphatic heterocycles. The summed E-state index contributed by atoms with van der Waals surface area (Å²) >= 11 is 0. The van der Waals surface area contributed by atoms with E-state index in [1.807, 2.05) is 0 Å². The second-order valence-electron chi connectivity index (χ2n) is 9.07. The molecule has 0 fully saturated rings. The summed E-state index contributed by atoms with van der Waals surface area (Å²) in [5, 5.41) is 15.3. The molecule has 0 spiro atoms. The Morgan fingerprint density at radius 1 is 0.562 bits per heavy atom. The van der Waals surface area contributed by atoms with Gasteiger partial charge in [-0.05, 0) is 54.6 Å². The molecule has 0 aromatic heterocycles. The molecular formula is C22H24N6O15S5. The van der Waals surface area contributed by atoms with E-state index >= 15 is 0 Å². The van der Waals surface area contributed by atoms with Crippen LogP contribution in [-0.2, 0) is 59.0 Å². The van der Waals surface area contributed by atoms with Crippen LogP contribution in [0.4, 0.5) is 34.1 Å². The van der Waals surface area contributed by atoms with Gasteiger partial charge in [0.05, 0.1) is 57.3 Å². The number of hydrogen-bond acceptors (Lipinski definition) is 18. The van der Waals surface area contributed by atoms with Crippen molar-refractivity contribution in [3.63, 3.8) is 0 Å². The van der Waals surface area contributed by atoms with E-state index in [1.165, 1.54) is 24.3 Å². The molecule has 3 aromatic carbocycles. The zero-order valence-electron chi connectivity index (χ0n) is 23.7. The van der Waals surface area contributed by atoms with E-state index in [0.29, 0.717) is 0 Å². The summed E-state index contributed by atoms with van der Waals surface area (Å²) in [5.74, 6) is -1.58. The summed E-state index contributed by atoms with van der Waals surface area (Å²) in [7, 11) is -22.8. The lowest BCUT2D eigenvalue weighted by molar-refractivity contribution is 0.282. The second-order valence-corrected chi connectivity index (χ2v) is 16.9. The van der Waals surface area contributed by atoms with Crippen LogP contribution in [-0.4, -0.2) is 80.5 Å². The predicted molar refractivity (Wildman–Crippen MR) is 165 cm³/mol. The fourth-order valence-corrected chi connectivity index (χ4v) is 7.07. The van der Waals surface area contributed by atoms with Crippen LogP contribution in [0.1, 0.15) is 0 Å². The predicted octanol–water partition coefficient (Wildman–Crippen LogP) is 2.11. The molecule has 262 valence electrons. The maximum atomic E-state index is 12.4. The summed E-state index contributed by atoms with van der Waals surface area (Å²) in [4.78, 5) is -1.41. The number of nitrogens with two attached hydrogens (primary N) is 2. The molecule has 0 atom stereocenters. The second kappa shape index (κ2) is 14.6. The Balaban J connectivity index is 1.88. The van der Waals surface area contributed by atoms with Gasteiger partial charge in [0.2, 0.25) is 0 Å². The number of rotatable bonds is 15. The minimum absolute atomic E-state index is 0.00182. The van der Waals surface area contributed by atoms with Crippen molar-refractivity contribution in [3.05, 3.63) is 54.6 Å². The van der Waals surface area contributed by atoms with Crippen molar-refractivity contribution in [1.82, 2.24) is 0 Å². The van der Waals surface area contributed by atoms with Crippen LogP contribution >= 0.6 is 0 Å². The van der Waals surface area contributed by atoms with Crippen LogP contribution in [0.15, 0.2) is 89.7 Å². The summed E-state index contributed by atoms with van der Waals surface area (Å²) in [5.41, 5.74) is 10.1. The first-order chi connectivity index (χ1) is 22.0. The van der Waals surface area contributed by atoms with Crippen LogP contribution in [0.3, 0.4) is 0 Å². The van der Waals surface area contributed by atoms with Crippen LogP contribution in [0.5, 0.6) is 0 Å². The maximum Gasteiger partial charge on any atom is 0.397 e. The van der Waals surface area contributed by atoms with Gasteiger partial charge in [-0.25, -0.2) is 25.2 Å². The van der Waals surface area contributed by atoms with E-state index in [-0.39, 0.29) is 32.5 Å². The lowest BCUT2D eigenvalue weighted by atomic mass is 10.2. The summed E-state index contributed by atoms with van der Waals surface area (Å²) in [6.45, 7) is -1.70. The lowest BCUT2D eigenvalue weighted by Gasteiger charge is -2.10. The molecule has 0 aliphatic rings. The fourth-order valence-electron chi connectivity index (χ4n) is 3.46. The van der Waals surface area contributed by atoms with Crippen molar-refractivity contribution in [2.24, 2.45) is 20.5 Å². The number of azo groups is 2. The number of nitrogens with zero attached hydrogens (tertiary/aromatic N) is 4. The number of hydrogen-bond donors (Lipinski definition) is 5. The Morgan fingerprint density at radius 3 is 1.33 bits per heavy atom. The fraction of sp³-hybridized carbons (Fsp3) is 0.182. The average molecular weight is 773 g/mol. The Kier molecular flexibility index (Phi) is 11.7. The summed E-state index contributed by atoms with van der Waals surface area (Å²) in [6, 6.07) is 9.85. The molecule has 48 heavy (non-hydrogen) atoms. The van der Waals surface area contributed by atoms with Gasteiger partial charge in [-0.1, -0.05) is 0 Å². The smallest absolute Gasteiger partial charge is 0.396 e. The largest absolute Gasteiger partial charge is 0.397 e. The SMILES string of the molecule is Nc1c(N=Nc2ccc(S(=O)(=O)CCOS(=O)(=O)O)cc2)cc(S(=O)(=O)O)c(N)c1N=Nc1ccc(S(=O)(=O)CCOS(=O)(=O)O)cc1. The molecule has 0 amide bonds. The summed E-state index contributed by atoms with van der Waals surface area (Å²) in [6.07, 6.45) is 0. The lowest BCUT2D eigenvalue weighted by Crippen LogP contribution is -2.15. The van der Waals surface area contributed by atoms with Crippen LogP contribution in [0, 0.1) is 0 Å². The summed E-state index contributed by atoms with van der Waals surface area (Å²) < 4.78 is 151. The highest BCUT2D eigenvalue weighted by molar-refractivity contribution is 7.91. The molecular weight excluding hydrogens is 749 g/mol. The maximum absolute atomic E-state index is 12.4. The number of anilines is 2. The Morgan fingerprint density at radius 2 is 0.958 bits per heavy atom. The zero-order valence-corrected chi connectivity index (χ0v) is 27.8. The van der Waals surface area contributed by atoms with Gasteiger partial charge in [0.25, 0.3) is 10.1 Å². The standard InChI is InChI=1S/C22H24N6O15S5/c23-20-18(27-25-14-1-5-16(6-2-14)44(29,30)11-9-42-47(36,37)38)13-19(46(33,34)35)21(24)22(20)28-26-15-3-7-17(8-4-15)45(31,32)12-10-43-48(39,40)41/h1-8,13H,9-12,23-24H2,(H,33,34,35)(H,36,37,38)(H,39,40,41). The van der Waals surface area contributed by atoms with E-state index in [9.17, 15) is 46.6 Å². The first kappa shape index (κ1) is 38.5. The highest BCUT2D eigenvalue weighted by Gasteiger charge is 2.23. The molecule has 0 saturated heterocycles. The molecule has 7 N–H and O–H groups in total. The third-order valence-corrected chi connectivity index (χ3v) is 10.9. The van der Waals surface area contributed by atoms with Gasteiger partial charge in [-0.15, -0.1) is 10.2 Å². The molecule has 0 saturated carbocycles. The molecule has 0 bridgehead atoms. The Labute approximate surface area is 273 Å². The van der Waals surface area contributed by atoms with Crippen molar-refractivity contribution in [3.8, 4) is 0 Å². The molecule has 21 nitrogen and oxygen atoms in total. The first-order valence-electron chi connectivity index (χ1n) is 12.4. The Bertz CT molecular complexity index is 2290. The van der Waals surface area contributed by atoms with Gasteiger partial charge >= 0.3 is 20.8 Å². The van der Waals surface area contributed by atoms with E-state index in [4.69, 9.17) is 20.6 Å². The van der Waals surface area contributed by atoms with E-state index < -0.39 is 91.6 Å². The minimum atomic E-state index is -4.98. The zero-order chi connectivity index (χ0) is 36.1. The highest BCUT2D eigenvalue weighted by atomic mass is 32.3. The highest BCUT2D eigenvalue weighted by Crippen LogP contribution is 2.43. The van der Waals surface area contributed by atoms with Crippen LogP contribution in [0.25, 0.3) is 0 Å². The molecule has 3 aromatic rings. The van der Waals surface area contributed by atoms with Crippen molar-refractivity contribution in [2.75, 3.05) is 36.2 Å². The molecule has 0 aliphatic carbocycles. The molecule has 3 rings (SSSR count). The minimum Gasteiger partial charge on any atom is -0.396 e. The van der Waals surface area contributed by atoms with Crippen molar-refractivity contribution in [1.29, 1.82) is 0 Å². The van der Waals surface area contributed by atoms with Crippen LogP contribution < -0.4 is 11.5 Å². The van der Waals surface area contributed by atoms with Crippen molar-refractivity contribution >= 4 is 84.7 Å². The van der Waals surface area contributed by atoms with E-state index in [0.717, 1.165) is 30.3 Å². The number of nitrogen functional groups attached to an aromatic ring is 2. The van der Waals surface area contributed by atoms with Gasteiger partial charge in [0, 0.05) is 0 Å². The molecule has 0 unspecified atom stereocenters. The quantitative estimate of drug-likeness (QED) is 0.0838. The Hall–Kier alpha value is -3.99. The van der Waals surface area contributed by atoms with Gasteiger partial charge in [-0.3, -0.25) is 13.7 Å². The van der Waals surface area contributed by atoms with Crippen LogP contribution in [0.2, 0.25) is 0 Å². The number of benzene rings is 3. The van der Waals surface area contributed by atoms with E-state index in [1.54, 1.807) is 0 Å². The first-order valence-corrected chi connectivity index (χ1v) is 19.9. The normalized spacial score (nSPS) is 13.4. The topological polar surface area (TPSA) is 351 Å². The van der Waals surface area contributed by atoms with Crippen molar-refractivity contribution < 1.29 is 64.1 Å². The van der Waals surface area contributed by atoms with Crippen molar-refractivity contribution in [2.45, 2.75) is 14.7 Å². The monoisotopic (exact) mass is 772 g/mol.